The van der Waals surface area contributed by atoms with Crippen molar-refractivity contribution < 1.29 is 24.2 Å². The Kier molecular flexibility index (Phi) is 6.11. The fourth-order valence-electron chi connectivity index (χ4n) is 3.28. The zero-order chi connectivity index (χ0) is 22.0. The van der Waals surface area contributed by atoms with Gasteiger partial charge in [-0.1, -0.05) is 58.4 Å². The number of nitrogens with zero attached hydrogens (tertiary/aromatic N) is 1. The van der Waals surface area contributed by atoms with Gasteiger partial charge >= 0.3 is 5.97 Å². The number of hydrogen-bond donors (Lipinski definition) is 1. The van der Waals surface area contributed by atoms with Crippen molar-refractivity contribution in [3.63, 3.8) is 0 Å². The van der Waals surface area contributed by atoms with Crippen LogP contribution in [0.2, 0.25) is 0 Å². The number of halogens is 1. The number of carbonyl (C=O) groups excluding carboxylic acids is 2. The maximum absolute atomic E-state index is 13.0. The molecule has 1 fully saturated rings. The van der Waals surface area contributed by atoms with Crippen molar-refractivity contribution in [3.8, 4) is 5.75 Å². The summed E-state index contributed by atoms with van der Waals surface area (Å²) in [6, 6.07) is 18.6. The summed E-state index contributed by atoms with van der Waals surface area (Å²) in [6.45, 7) is -0.338. The van der Waals surface area contributed by atoms with Crippen LogP contribution in [0.3, 0.4) is 0 Å². The monoisotopic (exact) mass is 497 g/mol. The van der Waals surface area contributed by atoms with Gasteiger partial charge in [0.05, 0.1) is 11.4 Å². The highest BCUT2D eigenvalue weighted by molar-refractivity contribution is 9.10. The Balaban J connectivity index is 1.62. The van der Waals surface area contributed by atoms with Crippen molar-refractivity contribution in [1.82, 2.24) is 4.90 Å². The van der Waals surface area contributed by atoms with Crippen LogP contribution in [-0.4, -0.2) is 33.7 Å². The second kappa shape index (κ2) is 8.95. The topological polar surface area (TPSA) is 83.9 Å². The molecular weight excluding hydrogens is 482 g/mol. The van der Waals surface area contributed by atoms with Crippen LogP contribution < -0.4 is 4.74 Å². The third kappa shape index (κ3) is 4.65. The molecule has 0 bridgehead atoms. The molecule has 3 aromatic rings. The van der Waals surface area contributed by atoms with Gasteiger partial charge in [-0.05, 0) is 52.4 Å². The van der Waals surface area contributed by atoms with E-state index in [1.807, 2.05) is 42.5 Å². The maximum Gasteiger partial charge on any atom is 0.341 e. The molecule has 8 heteroatoms. The summed E-state index contributed by atoms with van der Waals surface area (Å²) in [5.74, 6) is -1.19. The molecule has 4 rings (SSSR count). The van der Waals surface area contributed by atoms with Crippen LogP contribution in [0, 0.1) is 0 Å². The van der Waals surface area contributed by atoms with E-state index in [1.165, 1.54) is 4.90 Å². The molecule has 0 aromatic heterocycles. The van der Waals surface area contributed by atoms with E-state index in [9.17, 15) is 14.4 Å². The molecule has 1 heterocycles. The Labute approximate surface area is 190 Å². The molecule has 31 heavy (non-hydrogen) atoms. The molecule has 0 saturated carbocycles. The smallest absolute Gasteiger partial charge is 0.341 e. The highest BCUT2D eigenvalue weighted by atomic mass is 79.9. The first-order valence-corrected chi connectivity index (χ1v) is 10.9. The van der Waals surface area contributed by atoms with Gasteiger partial charge in [0.25, 0.3) is 11.1 Å². The minimum atomic E-state index is -1.11. The van der Waals surface area contributed by atoms with Crippen LogP contribution in [0.5, 0.6) is 5.75 Å². The third-order valence-corrected chi connectivity index (χ3v) is 6.09. The standard InChI is InChI=1S/C23H16BrNO5S/c24-17-8-9-19(30-13-21(26)27)16(10-17)11-20-22(28)25(23(29)31-20)12-15-6-3-5-14-4-1-2-7-18(14)15/h1-11H,12-13H2,(H,26,27)/b20-11+. The van der Waals surface area contributed by atoms with E-state index in [1.54, 1.807) is 24.3 Å². The summed E-state index contributed by atoms with van der Waals surface area (Å²) in [4.78, 5) is 37.9. The third-order valence-electron chi connectivity index (χ3n) is 4.69. The summed E-state index contributed by atoms with van der Waals surface area (Å²) >= 11 is 4.21. The molecule has 0 spiro atoms. The van der Waals surface area contributed by atoms with Crippen molar-refractivity contribution in [2.24, 2.45) is 0 Å². The van der Waals surface area contributed by atoms with Gasteiger partial charge in [0.15, 0.2) is 6.61 Å². The maximum atomic E-state index is 13.0. The van der Waals surface area contributed by atoms with Crippen LogP contribution in [0.15, 0.2) is 70.0 Å². The predicted octanol–water partition coefficient (Wildman–Crippen LogP) is 5.30. The lowest BCUT2D eigenvalue weighted by Crippen LogP contribution is -2.27. The Bertz CT molecular complexity index is 1230. The number of carboxylic acids is 1. The molecule has 3 aromatic carbocycles. The largest absolute Gasteiger partial charge is 0.481 e. The normalized spacial score (nSPS) is 15.1. The van der Waals surface area contributed by atoms with Gasteiger partial charge in [0.2, 0.25) is 0 Å². The van der Waals surface area contributed by atoms with Crippen LogP contribution in [0.25, 0.3) is 16.8 Å². The van der Waals surface area contributed by atoms with E-state index in [0.717, 1.165) is 32.6 Å². The number of thioether (sulfide) groups is 1. The van der Waals surface area contributed by atoms with Gasteiger partial charge in [0, 0.05) is 10.0 Å². The van der Waals surface area contributed by atoms with Crippen molar-refractivity contribution in [1.29, 1.82) is 0 Å². The summed E-state index contributed by atoms with van der Waals surface area (Å²) in [6.07, 6.45) is 1.55. The quantitative estimate of drug-likeness (QED) is 0.465. The van der Waals surface area contributed by atoms with Crippen LogP contribution >= 0.6 is 27.7 Å². The lowest BCUT2D eigenvalue weighted by Gasteiger charge is -2.14. The van der Waals surface area contributed by atoms with Gasteiger partial charge in [0.1, 0.15) is 5.75 Å². The predicted molar refractivity (Wildman–Crippen MR) is 123 cm³/mol. The molecule has 156 valence electrons. The SMILES string of the molecule is O=C(O)COc1ccc(Br)cc1/C=C1/SC(=O)N(Cc2cccc3ccccc23)C1=O. The first-order chi connectivity index (χ1) is 14.9. The number of carboxylic acid groups (broad SMARTS) is 1. The van der Waals surface area contributed by atoms with Crippen LogP contribution in [0.4, 0.5) is 4.79 Å². The minimum Gasteiger partial charge on any atom is -0.481 e. The number of hydrogen-bond acceptors (Lipinski definition) is 5. The number of carbonyl (C=O) groups is 3. The second-order valence-corrected chi connectivity index (χ2v) is 8.68. The van der Waals surface area contributed by atoms with Gasteiger partial charge in [-0.25, -0.2) is 4.79 Å². The minimum absolute atomic E-state index is 0.171. The highest BCUT2D eigenvalue weighted by Crippen LogP contribution is 2.36. The van der Waals surface area contributed by atoms with Crippen molar-refractivity contribution in [2.45, 2.75) is 6.54 Å². The molecule has 0 atom stereocenters. The Morgan fingerprint density at radius 2 is 1.87 bits per heavy atom. The first kappa shape index (κ1) is 21.1. The summed E-state index contributed by atoms with van der Waals surface area (Å²) in [5.41, 5.74) is 1.39. The fraction of sp³-hybridized carbons (Fsp3) is 0.0870. The number of rotatable bonds is 6. The molecule has 0 radical (unpaired) electrons. The Hall–Kier alpha value is -3.10. The average Bonchev–Trinajstić information content (AvgIpc) is 3.00. The summed E-state index contributed by atoms with van der Waals surface area (Å²) in [5, 5.41) is 10.5. The number of aliphatic carboxylic acids is 1. The molecule has 1 aliphatic heterocycles. The van der Waals surface area contributed by atoms with E-state index in [0.29, 0.717) is 11.3 Å². The van der Waals surface area contributed by atoms with E-state index in [2.05, 4.69) is 15.9 Å². The van der Waals surface area contributed by atoms with Gasteiger partial charge in [-0.2, -0.15) is 0 Å². The lowest BCUT2D eigenvalue weighted by atomic mass is 10.0. The zero-order valence-electron chi connectivity index (χ0n) is 16.1. The second-order valence-electron chi connectivity index (χ2n) is 6.77. The number of ether oxygens (including phenoxy) is 1. The van der Waals surface area contributed by atoms with Gasteiger partial charge in [-0.3, -0.25) is 14.5 Å². The molecule has 1 N–H and O–H groups in total. The van der Waals surface area contributed by atoms with Crippen molar-refractivity contribution in [3.05, 3.63) is 81.2 Å². The van der Waals surface area contributed by atoms with E-state index in [-0.39, 0.29) is 16.7 Å². The van der Waals surface area contributed by atoms with E-state index < -0.39 is 18.5 Å². The number of fused-ring (bicyclic) bond motifs is 1. The number of amides is 2. The van der Waals surface area contributed by atoms with Gasteiger partial charge < -0.3 is 9.84 Å². The molecule has 0 unspecified atom stereocenters. The molecular formula is C23H16BrNO5S. The summed E-state index contributed by atoms with van der Waals surface area (Å²) in [7, 11) is 0. The first-order valence-electron chi connectivity index (χ1n) is 9.28. The summed E-state index contributed by atoms with van der Waals surface area (Å²) < 4.78 is 6.05. The van der Waals surface area contributed by atoms with E-state index in [4.69, 9.17) is 9.84 Å². The lowest BCUT2D eigenvalue weighted by molar-refractivity contribution is -0.139. The van der Waals surface area contributed by atoms with Crippen LogP contribution in [-0.2, 0) is 16.1 Å². The molecule has 1 saturated heterocycles. The molecule has 2 amide bonds. The molecule has 1 aliphatic rings. The van der Waals surface area contributed by atoms with Crippen molar-refractivity contribution >= 4 is 61.7 Å². The van der Waals surface area contributed by atoms with E-state index >= 15 is 0 Å². The number of imide groups is 1. The highest BCUT2D eigenvalue weighted by Gasteiger charge is 2.35. The number of benzene rings is 3. The Morgan fingerprint density at radius 3 is 2.68 bits per heavy atom. The van der Waals surface area contributed by atoms with Gasteiger partial charge in [-0.15, -0.1) is 0 Å². The Morgan fingerprint density at radius 1 is 1.10 bits per heavy atom. The zero-order valence-corrected chi connectivity index (χ0v) is 18.5. The molecule has 6 nitrogen and oxygen atoms in total. The molecule has 0 aliphatic carbocycles. The fourth-order valence-corrected chi connectivity index (χ4v) is 4.49. The van der Waals surface area contributed by atoms with Crippen molar-refractivity contribution in [2.75, 3.05) is 6.61 Å². The average molecular weight is 498 g/mol. The van der Waals surface area contributed by atoms with Crippen LogP contribution in [0.1, 0.15) is 11.1 Å².